The molecule has 0 N–H and O–H groups in total. The van der Waals surface area contributed by atoms with Crippen LogP contribution in [0.5, 0.6) is 0 Å². The van der Waals surface area contributed by atoms with Crippen molar-refractivity contribution >= 4 is 5.91 Å². The highest BCUT2D eigenvalue weighted by Crippen LogP contribution is 2.38. The summed E-state index contributed by atoms with van der Waals surface area (Å²) in [5.74, 6) is 0.527. The maximum atomic E-state index is 13.4. The van der Waals surface area contributed by atoms with Gasteiger partial charge in [0.15, 0.2) is 0 Å². The fraction of sp³-hybridized carbons (Fsp3) is 0.318. The lowest BCUT2D eigenvalue weighted by Gasteiger charge is -2.15. The third-order valence-corrected chi connectivity index (χ3v) is 5.58. The quantitative estimate of drug-likeness (QED) is 0.693. The molecule has 0 spiro atoms. The molecule has 3 aromatic rings. The van der Waals surface area contributed by atoms with Crippen LogP contribution in [0.2, 0.25) is 0 Å². The van der Waals surface area contributed by atoms with Crippen LogP contribution in [0.15, 0.2) is 42.7 Å². The molecule has 142 valence electrons. The van der Waals surface area contributed by atoms with Gasteiger partial charge in [-0.05, 0) is 54.7 Å². The number of hydrogen-bond donors (Lipinski definition) is 0. The lowest BCUT2D eigenvalue weighted by molar-refractivity contribution is -0.132. The minimum absolute atomic E-state index is 0.219. The molecule has 28 heavy (non-hydrogen) atoms. The van der Waals surface area contributed by atoms with Gasteiger partial charge in [-0.1, -0.05) is 0 Å². The SMILES string of the molecule is Cn1cc(-c2ccnc3c2CN(C(=O)CC2CC2)C3)c(-c2ccc(F)cc2)n1. The molecule has 0 atom stereocenters. The predicted molar refractivity (Wildman–Crippen MR) is 103 cm³/mol. The highest BCUT2D eigenvalue weighted by atomic mass is 19.1. The first-order valence-electron chi connectivity index (χ1n) is 9.63. The molecule has 1 fully saturated rings. The van der Waals surface area contributed by atoms with E-state index in [-0.39, 0.29) is 11.7 Å². The number of halogens is 1. The Kier molecular flexibility index (Phi) is 4.00. The van der Waals surface area contributed by atoms with Gasteiger partial charge in [0.2, 0.25) is 5.91 Å². The van der Waals surface area contributed by atoms with Crippen LogP contribution >= 0.6 is 0 Å². The third-order valence-electron chi connectivity index (χ3n) is 5.58. The summed E-state index contributed by atoms with van der Waals surface area (Å²) in [6.07, 6.45) is 6.77. The van der Waals surface area contributed by atoms with Gasteiger partial charge in [-0.2, -0.15) is 5.10 Å². The second-order valence-corrected chi connectivity index (χ2v) is 7.75. The van der Waals surface area contributed by atoms with Gasteiger partial charge in [-0.25, -0.2) is 4.39 Å². The molecule has 0 radical (unpaired) electrons. The molecule has 1 saturated carbocycles. The van der Waals surface area contributed by atoms with Gasteiger partial charge in [-0.3, -0.25) is 14.5 Å². The van der Waals surface area contributed by atoms with Gasteiger partial charge < -0.3 is 4.90 Å². The summed E-state index contributed by atoms with van der Waals surface area (Å²) < 4.78 is 15.1. The molecule has 3 heterocycles. The van der Waals surface area contributed by atoms with Crippen molar-refractivity contribution < 1.29 is 9.18 Å². The van der Waals surface area contributed by atoms with Crippen LogP contribution in [0, 0.1) is 11.7 Å². The Morgan fingerprint density at radius 3 is 2.68 bits per heavy atom. The van der Waals surface area contributed by atoms with E-state index in [0.717, 1.165) is 33.6 Å². The van der Waals surface area contributed by atoms with Crippen LogP contribution in [-0.2, 0) is 24.9 Å². The number of benzene rings is 1. The van der Waals surface area contributed by atoms with Crippen molar-refractivity contribution in [1.29, 1.82) is 0 Å². The molecule has 1 amide bonds. The molecule has 5 nitrogen and oxygen atoms in total. The Balaban J connectivity index is 1.52. The average Bonchev–Trinajstić information content (AvgIpc) is 3.25. The Morgan fingerprint density at radius 1 is 1.14 bits per heavy atom. The maximum absolute atomic E-state index is 13.4. The van der Waals surface area contributed by atoms with Gasteiger partial charge in [-0.15, -0.1) is 0 Å². The van der Waals surface area contributed by atoms with E-state index in [1.165, 1.54) is 25.0 Å². The third kappa shape index (κ3) is 3.09. The van der Waals surface area contributed by atoms with Crippen LogP contribution < -0.4 is 0 Å². The average molecular weight is 376 g/mol. The first-order chi connectivity index (χ1) is 13.6. The number of carbonyl (C=O) groups is 1. The Labute approximate surface area is 162 Å². The molecular formula is C22H21FN4O. The van der Waals surface area contributed by atoms with Crippen molar-refractivity contribution in [3.8, 4) is 22.4 Å². The topological polar surface area (TPSA) is 51.0 Å². The maximum Gasteiger partial charge on any atom is 0.223 e. The van der Waals surface area contributed by atoms with E-state index in [4.69, 9.17) is 0 Å². The second-order valence-electron chi connectivity index (χ2n) is 7.75. The summed E-state index contributed by atoms with van der Waals surface area (Å²) >= 11 is 0. The minimum atomic E-state index is -0.268. The highest BCUT2D eigenvalue weighted by molar-refractivity contribution is 5.84. The summed E-state index contributed by atoms with van der Waals surface area (Å²) in [5, 5.41) is 4.61. The summed E-state index contributed by atoms with van der Waals surface area (Å²) in [5.41, 5.74) is 5.72. The first kappa shape index (κ1) is 17.1. The zero-order chi connectivity index (χ0) is 19.3. The van der Waals surface area contributed by atoms with Crippen molar-refractivity contribution in [2.75, 3.05) is 0 Å². The Bertz CT molecular complexity index is 1050. The zero-order valence-corrected chi connectivity index (χ0v) is 15.7. The fourth-order valence-electron chi connectivity index (χ4n) is 3.91. The molecule has 6 heteroatoms. The van der Waals surface area contributed by atoms with Crippen LogP contribution in [0.4, 0.5) is 4.39 Å². The first-order valence-corrected chi connectivity index (χ1v) is 9.63. The van der Waals surface area contributed by atoms with Gasteiger partial charge >= 0.3 is 0 Å². The van der Waals surface area contributed by atoms with E-state index in [1.54, 1.807) is 23.0 Å². The number of aromatic nitrogens is 3. The summed E-state index contributed by atoms with van der Waals surface area (Å²) in [6, 6.07) is 8.37. The molecule has 5 rings (SSSR count). The normalized spacial score (nSPS) is 15.7. The predicted octanol–water partition coefficient (Wildman–Crippen LogP) is 3.93. The van der Waals surface area contributed by atoms with Gasteiger partial charge in [0, 0.05) is 49.1 Å². The molecule has 2 aliphatic rings. The largest absolute Gasteiger partial charge is 0.332 e. The molecule has 1 aliphatic carbocycles. The van der Waals surface area contributed by atoms with E-state index >= 15 is 0 Å². The highest BCUT2D eigenvalue weighted by Gasteiger charge is 2.32. The Morgan fingerprint density at radius 2 is 1.93 bits per heavy atom. The number of pyridine rings is 1. The molecular weight excluding hydrogens is 355 g/mol. The van der Waals surface area contributed by atoms with Crippen molar-refractivity contribution in [3.63, 3.8) is 0 Å². The van der Waals surface area contributed by atoms with Crippen LogP contribution in [0.25, 0.3) is 22.4 Å². The summed E-state index contributed by atoms with van der Waals surface area (Å²) in [7, 11) is 1.88. The summed E-state index contributed by atoms with van der Waals surface area (Å²) in [4.78, 5) is 19.0. The van der Waals surface area contributed by atoms with E-state index < -0.39 is 0 Å². The fourth-order valence-corrected chi connectivity index (χ4v) is 3.91. The van der Waals surface area contributed by atoms with Gasteiger partial charge in [0.1, 0.15) is 11.5 Å². The van der Waals surface area contributed by atoms with E-state index in [0.29, 0.717) is 25.4 Å². The van der Waals surface area contributed by atoms with Crippen molar-refractivity contribution in [2.45, 2.75) is 32.4 Å². The molecule has 0 unspecified atom stereocenters. The number of rotatable bonds is 4. The molecule has 1 aromatic carbocycles. The Hall–Kier alpha value is -3.02. The smallest absolute Gasteiger partial charge is 0.223 e. The van der Waals surface area contributed by atoms with Crippen molar-refractivity contribution in [2.24, 2.45) is 13.0 Å². The lowest BCUT2D eigenvalue weighted by Crippen LogP contribution is -2.25. The molecule has 0 bridgehead atoms. The number of carbonyl (C=O) groups excluding carboxylic acids is 1. The second kappa shape index (κ2) is 6.55. The monoisotopic (exact) mass is 376 g/mol. The van der Waals surface area contributed by atoms with Crippen molar-refractivity contribution in [1.82, 2.24) is 19.7 Å². The zero-order valence-electron chi connectivity index (χ0n) is 15.7. The van der Waals surface area contributed by atoms with Crippen LogP contribution in [-0.4, -0.2) is 25.6 Å². The number of amides is 1. The van der Waals surface area contributed by atoms with Crippen LogP contribution in [0.1, 0.15) is 30.5 Å². The molecule has 0 saturated heterocycles. The van der Waals surface area contributed by atoms with Gasteiger partial charge in [0.05, 0.1) is 12.2 Å². The lowest BCUT2D eigenvalue weighted by atomic mass is 9.98. The molecule has 1 aliphatic heterocycles. The standard InChI is InChI=1S/C22H21FN4O/c1-26-11-19(22(25-26)15-4-6-16(23)7-5-15)17-8-9-24-20-13-27(12-18(17)20)21(28)10-14-2-3-14/h4-9,11,14H,2-3,10,12-13H2,1H3. The summed E-state index contributed by atoms with van der Waals surface area (Å²) in [6.45, 7) is 1.16. The number of hydrogen-bond acceptors (Lipinski definition) is 3. The minimum Gasteiger partial charge on any atom is -0.332 e. The molecule has 2 aromatic heterocycles. The van der Waals surface area contributed by atoms with E-state index in [1.807, 2.05) is 24.2 Å². The number of aryl methyl sites for hydroxylation is 1. The van der Waals surface area contributed by atoms with E-state index in [9.17, 15) is 9.18 Å². The number of nitrogens with zero attached hydrogens (tertiary/aromatic N) is 4. The van der Waals surface area contributed by atoms with Gasteiger partial charge in [0.25, 0.3) is 0 Å². The van der Waals surface area contributed by atoms with E-state index in [2.05, 4.69) is 10.1 Å². The van der Waals surface area contributed by atoms with Crippen LogP contribution in [0.3, 0.4) is 0 Å². The number of fused-ring (bicyclic) bond motifs is 1. The van der Waals surface area contributed by atoms with Crippen molar-refractivity contribution in [3.05, 3.63) is 59.8 Å².